The van der Waals surface area contributed by atoms with Gasteiger partial charge in [0.05, 0.1) is 7.11 Å². The van der Waals surface area contributed by atoms with Gasteiger partial charge < -0.3 is 14.8 Å². The molecular formula is C17H14F3N5O3. The Labute approximate surface area is 156 Å². The molecule has 3 aromatic rings. The van der Waals surface area contributed by atoms with Crippen LogP contribution in [-0.4, -0.2) is 39.6 Å². The van der Waals surface area contributed by atoms with Crippen molar-refractivity contribution < 1.29 is 27.4 Å². The number of rotatable bonds is 6. The van der Waals surface area contributed by atoms with Gasteiger partial charge in [0.2, 0.25) is 11.7 Å². The number of carbonyl (C=O) groups is 1. The molecule has 3 rings (SSSR count). The number of tetrazole rings is 1. The second-order valence-electron chi connectivity index (χ2n) is 5.50. The summed E-state index contributed by atoms with van der Waals surface area (Å²) in [5, 5.41) is 14.4. The molecule has 8 nitrogen and oxygen atoms in total. The number of hydrogen-bond donors (Lipinski definition) is 1. The number of carbonyl (C=O) groups excluding carboxylic acids is 1. The van der Waals surface area contributed by atoms with Gasteiger partial charge in [-0.3, -0.25) is 4.79 Å². The van der Waals surface area contributed by atoms with Crippen molar-refractivity contribution in [1.82, 2.24) is 20.2 Å². The largest absolute Gasteiger partial charge is 0.573 e. The van der Waals surface area contributed by atoms with Crippen molar-refractivity contribution >= 4 is 11.6 Å². The highest BCUT2D eigenvalue weighted by molar-refractivity contribution is 5.90. The molecule has 0 bridgehead atoms. The first-order valence-electron chi connectivity index (χ1n) is 7.90. The summed E-state index contributed by atoms with van der Waals surface area (Å²) >= 11 is 0. The van der Waals surface area contributed by atoms with Crippen molar-refractivity contribution in [3.8, 4) is 22.9 Å². The van der Waals surface area contributed by atoms with Crippen molar-refractivity contribution in [3.63, 3.8) is 0 Å². The molecule has 11 heteroatoms. The molecule has 0 aliphatic rings. The van der Waals surface area contributed by atoms with E-state index in [1.165, 1.54) is 19.2 Å². The van der Waals surface area contributed by atoms with Gasteiger partial charge in [-0.25, -0.2) is 0 Å². The van der Waals surface area contributed by atoms with E-state index >= 15 is 0 Å². The SMILES string of the molecule is COc1cccc(-c2nnn(CC(=O)Nc3ccc(OC(F)(F)F)cc3)n2)c1. The molecule has 0 unspecified atom stereocenters. The number of benzene rings is 2. The van der Waals surface area contributed by atoms with E-state index in [1.54, 1.807) is 24.3 Å². The molecule has 0 aliphatic carbocycles. The van der Waals surface area contributed by atoms with Gasteiger partial charge in [0.1, 0.15) is 18.0 Å². The predicted octanol–water partition coefficient (Wildman–Crippen LogP) is 2.89. The van der Waals surface area contributed by atoms with Gasteiger partial charge in [0.15, 0.2) is 0 Å². The zero-order chi connectivity index (χ0) is 20.1. The van der Waals surface area contributed by atoms with Gasteiger partial charge >= 0.3 is 6.36 Å². The minimum absolute atomic E-state index is 0.224. The van der Waals surface area contributed by atoms with Gasteiger partial charge in [-0.15, -0.1) is 23.4 Å². The lowest BCUT2D eigenvalue weighted by Crippen LogP contribution is -2.20. The van der Waals surface area contributed by atoms with E-state index in [9.17, 15) is 18.0 Å². The molecule has 0 fully saturated rings. The molecule has 1 amide bonds. The molecule has 0 spiro atoms. The number of anilines is 1. The number of nitrogens with zero attached hydrogens (tertiary/aromatic N) is 4. The standard InChI is InChI=1S/C17H14F3N5O3/c1-27-14-4-2-3-11(9-14)16-22-24-25(23-16)10-15(26)21-12-5-7-13(8-6-12)28-17(18,19)20/h2-9H,10H2,1H3,(H,21,26). The maximum atomic E-state index is 12.1. The zero-order valence-electron chi connectivity index (χ0n) is 14.5. The Morgan fingerprint density at radius 1 is 1.14 bits per heavy atom. The fourth-order valence-corrected chi connectivity index (χ4v) is 2.26. The van der Waals surface area contributed by atoms with Crippen LogP contribution in [0.2, 0.25) is 0 Å². The second kappa shape index (κ2) is 7.94. The lowest BCUT2D eigenvalue weighted by Gasteiger charge is -2.09. The molecule has 1 aromatic heterocycles. The fraction of sp³-hybridized carbons (Fsp3) is 0.176. The van der Waals surface area contributed by atoms with Gasteiger partial charge in [0, 0.05) is 11.3 Å². The van der Waals surface area contributed by atoms with Crippen LogP contribution in [0.15, 0.2) is 48.5 Å². The van der Waals surface area contributed by atoms with E-state index in [4.69, 9.17) is 4.74 Å². The summed E-state index contributed by atoms with van der Waals surface area (Å²) in [6, 6.07) is 11.8. The van der Waals surface area contributed by atoms with E-state index in [0.717, 1.165) is 16.9 Å². The first-order valence-corrected chi connectivity index (χ1v) is 7.90. The molecule has 0 radical (unpaired) electrons. The van der Waals surface area contributed by atoms with Crippen molar-refractivity contribution in [1.29, 1.82) is 0 Å². The van der Waals surface area contributed by atoms with E-state index in [0.29, 0.717) is 22.8 Å². The Bertz CT molecular complexity index is 957. The third-order valence-corrected chi connectivity index (χ3v) is 3.44. The fourth-order valence-electron chi connectivity index (χ4n) is 2.26. The Hall–Kier alpha value is -3.63. The lowest BCUT2D eigenvalue weighted by molar-refractivity contribution is -0.274. The highest BCUT2D eigenvalue weighted by Gasteiger charge is 2.30. The van der Waals surface area contributed by atoms with Crippen LogP contribution in [0, 0.1) is 0 Å². The summed E-state index contributed by atoms with van der Waals surface area (Å²) < 4.78 is 45.3. The summed E-state index contributed by atoms with van der Waals surface area (Å²) in [7, 11) is 1.54. The summed E-state index contributed by atoms with van der Waals surface area (Å²) in [6.45, 7) is -0.224. The summed E-state index contributed by atoms with van der Waals surface area (Å²) in [5.41, 5.74) is 0.971. The van der Waals surface area contributed by atoms with Crippen LogP contribution < -0.4 is 14.8 Å². The number of methoxy groups -OCH3 is 1. The Morgan fingerprint density at radius 2 is 1.89 bits per heavy atom. The highest BCUT2D eigenvalue weighted by atomic mass is 19.4. The molecule has 0 saturated carbocycles. The van der Waals surface area contributed by atoms with Crippen molar-refractivity contribution in [2.24, 2.45) is 0 Å². The lowest BCUT2D eigenvalue weighted by atomic mass is 10.2. The van der Waals surface area contributed by atoms with E-state index in [-0.39, 0.29) is 12.3 Å². The number of aromatic nitrogens is 4. The summed E-state index contributed by atoms with van der Waals surface area (Å²) in [6.07, 6.45) is -4.77. The van der Waals surface area contributed by atoms with Crippen LogP contribution in [0.5, 0.6) is 11.5 Å². The number of halogens is 3. The smallest absolute Gasteiger partial charge is 0.497 e. The van der Waals surface area contributed by atoms with Gasteiger partial charge in [-0.2, -0.15) is 4.80 Å². The maximum Gasteiger partial charge on any atom is 0.573 e. The van der Waals surface area contributed by atoms with Crippen molar-refractivity contribution in [2.45, 2.75) is 12.9 Å². The Kier molecular flexibility index (Phi) is 5.43. The molecule has 146 valence electrons. The number of alkyl halides is 3. The maximum absolute atomic E-state index is 12.1. The number of ether oxygens (including phenoxy) is 2. The molecule has 1 N–H and O–H groups in total. The van der Waals surface area contributed by atoms with Crippen LogP contribution >= 0.6 is 0 Å². The van der Waals surface area contributed by atoms with E-state index in [1.807, 2.05) is 0 Å². The summed E-state index contributed by atoms with van der Waals surface area (Å²) in [4.78, 5) is 13.2. The first kappa shape index (κ1) is 19.1. The third-order valence-electron chi connectivity index (χ3n) is 3.44. The van der Waals surface area contributed by atoms with Crippen LogP contribution in [0.25, 0.3) is 11.4 Å². The van der Waals surface area contributed by atoms with E-state index < -0.39 is 12.3 Å². The molecule has 2 aromatic carbocycles. The Balaban J connectivity index is 1.60. The number of amides is 1. The minimum Gasteiger partial charge on any atom is -0.497 e. The van der Waals surface area contributed by atoms with Gasteiger partial charge in [-0.05, 0) is 41.6 Å². The molecule has 28 heavy (non-hydrogen) atoms. The van der Waals surface area contributed by atoms with Crippen LogP contribution in [0.4, 0.5) is 18.9 Å². The van der Waals surface area contributed by atoms with Crippen LogP contribution in [0.1, 0.15) is 0 Å². The van der Waals surface area contributed by atoms with E-state index in [2.05, 4.69) is 25.5 Å². The highest BCUT2D eigenvalue weighted by Crippen LogP contribution is 2.24. The molecule has 0 atom stereocenters. The Morgan fingerprint density at radius 3 is 2.57 bits per heavy atom. The van der Waals surface area contributed by atoms with Crippen LogP contribution in [0.3, 0.4) is 0 Å². The molecule has 0 aliphatic heterocycles. The number of nitrogens with one attached hydrogen (secondary N) is 1. The normalized spacial score (nSPS) is 11.1. The summed E-state index contributed by atoms with van der Waals surface area (Å²) in [5.74, 6) is 0.0929. The van der Waals surface area contributed by atoms with Crippen molar-refractivity contribution in [2.75, 3.05) is 12.4 Å². The van der Waals surface area contributed by atoms with Crippen LogP contribution in [-0.2, 0) is 11.3 Å². The topological polar surface area (TPSA) is 91.2 Å². The number of hydrogen-bond acceptors (Lipinski definition) is 6. The van der Waals surface area contributed by atoms with Gasteiger partial charge in [0.25, 0.3) is 0 Å². The minimum atomic E-state index is -4.77. The molecule has 0 saturated heterocycles. The average Bonchev–Trinajstić information content (AvgIpc) is 3.10. The predicted molar refractivity (Wildman–Crippen MR) is 91.6 cm³/mol. The van der Waals surface area contributed by atoms with Crippen molar-refractivity contribution in [3.05, 3.63) is 48.5 Å². The third kappa shape index (κ3) is 5.19. The first-order chi connectivity index (χ1) is 13.3. The zero-order valence-corrected chi connectivity index (χ0v) is 14.5. The second-order valence-corrected chi connectivity index (χ2v) is 5.50. The molecule has 1 heterocycles. The average molecular weight is 393 g/mol. The quantitative estimate of drug-likeness (QED) is 0.693. The van der Waals surface area contributed by atoms with Gasteiger partial charge in [-0.1, -0.05) is 12.1 Å². The molecular weight excluding hydrogens is 379 g/mol. The monoisotopic (exact) mass is 393 g/mol.